The Labute approximate surface area is 96.1 Å². The van der Waals surface area contributed by atoms with Gasteiger partial charge in [-0.25, -0.2) is 4.79 Å². The van der Waals surface area contributed by atoms with Gasteiger partial charge in [-0.05, 0) is 24.0 Å². The van der Waals surface area contributed by atoms with Crippen molar-refractivity contribution >= 4 is 5.97 Å². The molecule has 0 saturated heterocycles. The van der Waals surface area contributed by atoms with Gasteiger partial charge >= 0.3 is 5.97 Å². The molecule has 1 atom stereocenters. The van der Waals surface area contributed by atoms with Crippen LogP contribution in [0.4, 0.5) is 0 Å². The van der Waals surface area contributed by atoms with Crippen LogP contribution in [0.25, 0.3) is 0 Å². The van der Waals surface area contributed by atoms with Crippen LogP contribution in [0, 0.1) is 0 Å². The van der Waals surface area contributed by atoms with Crippen molar-refractivity contribution in [3.05, 3.63) is 29.8 Å². The maximum Gasteiger partial charge on any atom is 0.344 e. The number of hydrogen-bond acceptors (Lipinski definition) is 2. The van der Waals surface area contributed by atoms with Crippen LogP contribution in [-0.4, -0.2) is 17.2 Å². The molecule has 3 heteroatoms. The Morgan fingerprint density at radius 3 is 2.50 bits per heavy atom. The van der Waals surface area contributed by atoms with E-state index in [0.717, 1.165) is 5.56 Å². The zero-order valence-electron chi connectivity index (χ0n) is 9.93. The van der Waals surface area contributed by atoms with Crippen LogP contribution in [0.2, 0.25) is 0 Å². The molecule has 0 heterocycles. The number of carboxylic acids is 1. The molecule has 0 radical (unpaired) electrons. The van der Waals surface area contributed by atoms with Crippen LogP contribution in [0.1, 0.15) is 38.7 Å². The van der Waals surface area contributed by atoms with Crippen molar-refractivity contribution in [3.8, 4) is 5.75 Å². The summed E-state index contributed by atoms with van der Waals surface area (Å²) in [5.41, 5.74) is 1.04. The molecule has 0 aliphatic rings. The molecular weight excluding hydrogens is 204 g/mol. The monoisotopic (exact) mass is 222 g/mol. The Bertz CT molecular complexity index is 358. The van der Waals surface area contributed by atoms with E-state index in [0.29, 0.717) is 18.1 Å². The minimum absolute atomic E-state index is 0.322. The molecule has 88 valence electrons. The smallest absolute Gasteiger partial charge is 0.344 e. The van der Waals surface area contributed by atoms with Gasteiger partial charge in [0, 0.05) is 0 Å². The zero-order chi connectivity index (χ0) is 12.1. The van der Waals surface area contributed by atoms with Crippen molar-refractivity contribution in [2.75, 3.05) is 0 Å². The molecule has 0 bridgehead atoms. The van der Waals surface area contributed by atoms with Crippen LogP contribution < -0.4 is 4.74 Å². The van der Waals surface area contributed by atoms with Gasteiger partial charge in [-0.3, -0.25) is 0 Å². The van der Waals surface area contributed by atoms with E-state index in [1.807, 2.05) is 24.3 Å². The highest BCUT2D eigenvalue weighted by atomic mass is 16.5. The molecule has 1 rings (SSSR count). The summed E-state index contributed by atoms with van der Waals surface area (Å²) in [4.78, 5) is 10.9. The van der Waals surface area contributed by atoms with E-state index in [1.54, 1.807) is 6.92 Å². The Balaban J connectivity index is 2.91. The SMILES string of the molecule is CCC(Oc1ccccc1C(C)C)C(=O)O. The molecule has 1 aromatic carbocycles. The topological polar surface area (TPSA) is 46.5 Å². The molecule has 0 spiro atoms. The van der Waals surface area contributed by atoms with Gasteiger partial charge in [-0.15, -0.1) is 0 Å². The van der Waals surface area contributed by atoms with Crippen molar-refractivity contribution in [1.29, 1.82) is 0 Å². The van der Waals surface area contributed by atoms with E-state index in [9.17, 15) is 4.79 Å². The lowest BCUT2D eigenvalue weighted by Crippen LogP contribution is -2.26. The number of ether oxygens (including phenoxy) is 1. The van der Waals surface area contributed by atoms with E-state index in [4.69, 9.17) is 9.84 Å². The average molecular weight is 222 g/mol. The van der Waals surface area contributed by atoms with Gasteiger partial charge in [0.25, 0.3) is 0 Å². The predicted molar refractivity (Wildman–Crippen MR) is 62.9 cm³/mol. The van der Waals surface area contributed by atoms with Crippen molar-refractivity contribution in [3.63, 3.8) is 0 Å². The summed E-state index contributed by atoms with van der Waals surface area (Å²) in [6.07, 6.45) is -0.304. The molecule has 1 aromatic rings. The van der Waals surface area contributed by atoms with E-state index in [2.05, 4.69) is 13.8 Å². The maximum atomic E-state index is 10.9. The summed E-state index contributed by atoms with van der Waals surface area (Å²) in [6.45, 7) is 5.92. The van der Waals surface area contributed by atoms with Crippen LogP contribution in [0.5, 0.6) is 5.75 Å². The molecule has 0 saturated carbocycles. The Morgan fingerprint density at radius 1 is 1.38 bits per heavy atom. The van der Waals surface area contributed by atoms with Gasteiger partial charge in [0.1, 0.15) is 5.75 Å². The van der Waals surface area contributed by atoms with Crippen molar-refractivity contribution < 1.29 is 14.6 Å². The molecule has 1 N–H and O–H groups in total. The lowest BCUT2D eigenvalue weighted by Gasteiger charge is -2.17. The first-order chi connectivity index (χ1) is 7.56. The predicted octanol–water partition coefficient (Wildman–Crippen LogP) is 3.05. The minimum atomic E-state index is -0.916. The van der Waals surface area contributed by atoms with Gasteiger partial charge in [0.15, 0.2) is 6.10 Å². The fraction of sp³-hybridized carbons (Fsp3) is 0.462. The lowest BCUT2D eigenvalue weighted by molar-refractivity contribution is -0.145. The van der Waals surface area contributed by atoms with Gasteiger partial charge in [0.05, 0.1) is 0 Å². The van der Waals surface area contributed by atoms with Gasteiger partial charge in [0.2, 0.25) is 0 Å². The number of benzene rings is 1. The maximum absolute atomic E-state index is 10.9. The van der Waals surface area contributed by atoms with Crippen molar-refractivity contribution in [2.24, 2.45) is 0 Å². The Morgan fingerprint density at radius 2 is 2.00 bits per heavy atom. The number of para-hydroxylation sites is 1. The molecule has 0 fully saturated rings. The molecule has 0 aliphatic carbocycles. The molecule has 3 nitrogen and oxygen atoms in total. The highest BCUT2D eigenvalue weighted by Gasteiger charge is 2.18. The zero-order valence-corrected chi connectivity index (χ0v) is 9.93. The fourth-order valence-electron chi connectivity index (χ4n) is 1.53. The molecule has 1 unspecified atom stereocenters. The second-order valence-corrected chi connectivity index (χ2v) is 4.05. The number of aliphatic carboxylic acids is 1. The summed E-state index contributed by atoms with van der Waals surface area (Å²) in [5.74, 6) is 0.0790. The third-order valence-electron chi connectivity index (χ3n) is 2.46. The van der Waals surface area contributed by atoms with E-state index < -0.39 is 12.1 Å². The fourth-order valence-corrected chi connectivity index (χ4v) is 1.53. The third kappa shape index (κ3) is 2.99. The first kappa shape index (κ1) is 12.6. The molecule has 16 heavy (non-hydrogen) atoms. The summed E-state index contributed by atoms with van der Waals surface area (Å²) < 4.78 is 5.52. The molecule has 0 aromatic heterocycles. The highest BCUT2D eigenvalue weighted by Crippen LogP contribution is 2.27. The number of hydrogen-bond donors (Lipinski definition) is 1. The first-order valence-corrected chi connectivity index (χ1v) is 5.54. The molecule has 0 amide bonds. The first-order valence-electron chi connectivity index (χ1n) is 5.54. The van der Waals surface area contributed by atoms with Crippen molar-refractivity contribution in [1.82, 2.24) is 0 Å². The normalized spacial score (nSPS) is 12.5. The minimum Gasteiger partial charge on any atom is -0.479 e. The number of carbonyl (C=O) groups is 1. The summed E-state index contributed by atoms with van der Waals surface area (Å²) in [5, 5.41) is 8.94. The van der Waals surface area contributed by atoms with Crippen LogP contribution in [-0.2, 0) is 4.79 Å². The largest absolute Gasteiger partial charge is 0.479 e. The van der Waals surface area contributed by atoms with Crippen LogP contribution in [0.15, 0.2) is 24.3 Å². The van der Waals surface area contributed by atoms with Gasteiger partial charge in [-0.2, -0.15) is 0 Å². The second-order valence-electron chi connectivity index (χ2n) is 4.05. The van der Waals surface area contributed by atoms with Crippen LogP contribution >= 0.6 is 0 Å². The molecular formula is C13H18O3. The van der Waals surface area contributed by atoms with E-state index >= 15 is 0 Å². The number of rotatable bonds is 5. The second kappa shape index (κ2) is 5.54. The highest BCUT2D eigenvalue weighted by molar-refractivity contribution is 5.72. The summed E-state index contributed by atoms with van der Waals surface area (Å²) >= 11 is 0. The van der Waals surface area contributed by atoms with Gasteiger partial charge < -0.3 is 9.84 Å². The van der Waals surface area contributed by atoms with Crippen LogP contribution in [0.3, 0.4) is 0 Å². The number of carboxylic acid groups (broad SMARTS) is 1. The standard InChI is InChI=1S/C13H18O3/c1-4-11(13(14)15)16-12-8-6-5-7-10(12)9(2)3/h5-9,11H,4H2,1-3H3,(H,14,15). The van der Waals surface area contributed by atoms with Gasteiger partial charge in [-0.1, -0.05) is 39.0 Å². The van der Waals surface area contributed by atoms with E-state index in [1.165, 1.54) is 0 Å². The molecule has 0 aliphatic heterocycles. The van der Waals surface area contributed by atoms with E-state index in [-0.39, 0.29) is 0 Å². The summed E-state index contributed by atoms with van der Waals surface area (Å²) in [7, 11) is 0. The lowest BCUT2D eigenvalue weighted by atomic mass is 10.0. The summed E-state index contributed by atoms with van der Waals surface area (Å²) in [6, 6.07) is 7.58. The average Bonchev–Trinajstić information content (AvgIpc) is 2.25. The third-order valence-corrected chi connectivity index (χ3v) is 2.46. The quantitative estimate of drug-likeness (QED) is 0.832. The Kier molecular flexibility index (Phi) is 4.35. The van der Waals surface area contributed by atoms with Crippen molar-refractivity contribution in [2.45, 2.75) is 39.2 Å². The Hall–Kier alpha value is -1.51.